The molecule has 1 amide bonds. The summed E-state index contributed by atoms with van der Waals surface area (Å²) in [6, 6.07) is 12.1. The first-order valence-corrected chi connectivity index (χ1v) is 9.06. The van der Waals surface area contributed by atoms with E-state index in [2.05, 4.69) is 16.3 Å². The number of methoxy groups -OCH3 is 1. The van der Waals surface area contributed by atoms with Crippen molar-refractivity contribution in [3.63, 3.8) is 0 Å². The molecule has 28 heavy (non-hydrogen) atoms. The second-order valence-electron chi connectivity index (χ2n) is 6.48. The summed E-state index contributed by atoms with van der Waals surface area (Å²) in [5.41, 5.74) is 2.15. The molecule has 1 aliphatic heterocycles. The Balaban J connectivity index is 1.68. The Morgan fingerprint density at radius 2 is 1.93 bits per heavy atom. The van der Waals surface area contributed by atoms with Gasteiger partial charge in [0.1, 0.15) is 0 Å². The molecule has 0 spiro atoms. The number of amides is 1. The van der Waals surface area contributed by atoms with Crippen LogP contribution in [0.5, 0.6) is 5.75 Å². The lowest BCUT2D eigenvalue weighted by atomic mass is 10.1. The Morgan fingerprint density at radius 3 is 2.61 bits per heavy atom. The molecule has 0 aliphatic carbocycles. The van der Waals surface area contributed by atoms with Gasteiger partial charge in [-0.1, -0.05) is 24.3 Å². The maximum Gasteiger partial charge on any atom is 0.311 e. The van der Waals surface area contributed by atoms with Crippen LogP contribution in [0.1, 0.15) is 21.5 Å². The standard InChI is InChI=1S/C20H23N3O5/c1-27-19-7-6-15(12-18(19)23(25)26)20(24)21-13-16-4-2-3-5-17(16)14-22-8-10-28-11-9-22/h2-7,12H,8-11,13-14H2,1H3,(H,21,24). The van der Waals surface area contributed by atoms with Crippen LogP contribution in [0.3, 0.4) is 0 Å². The highest BCUT2D eigenvalue weighted by molar-refractivity contribution is 5.95. The smallest absolute Gasteiger partial charge is 0.311 e. The van der Waals surface area contributed by atoms with Gasteiger partial charge in [0.25, 0.3) is 5.91 Å². The van der Waals surface area contributed by atoms with Gasteiger partial charge in [-0.3, -0.25) is 19.8 Å². The molecule has 1 fully saturated rings. The van der Waals surface area contributed by atoms with Gasteiger partial charge >= 0.3 is 5.69 Å². The normalized spacial score (nSPS) is 14.5. The SMILES string of the molecule is COc1ccc(C(=O)NCc2ccccc2CN2CCOCC2)cc1[N+](=O)[O-]. The molecule has 1 N–H and O–H groups in total. The minimum atomic E-state index is -0.562. The van der Waals surface area contributed by atoms with Gasteiger partial charge in [-0.25, -0.2) is 0 Å². The molecule has 0 saturated carbocycles. The largest absolute Gasteiger partial charge is 0.490 e. The number of carbonyl (C=O) groups is 1. The summed E-state index contributed by atoms with van der Waals surface area (Å²) in [6.45, 7) is 4.37. The van der Waals surface area contributed by atoms with E-state index in [1.54, 1.807) is 0 Å². The Hall–Kier alpha value is -2.97. The van der Waals surface area contributed by atoms with Crippen molar-refractivity contribution >= 4 is 11.6 Å². The number of hydrogen-bond donors (Lipinski definition) is 1. The molecule has 0 unspecified atom stereocenters. The summed E-state index contributed by atoms with van der Waals surface area (Å²) in [5, 5.41) is 14.0. The average Bonchev–Trinajstić information content (AvgIpc) is 2.73. The second kappa shape index (κ2) is 9.29. The molecular weight excluding hydrogens is 362 g/mol. The molecule has 2 aromatic rings. The summed E-state index contributed by atoms with van der Waals surface area (Å²) < 4.78 is 10.4. The fraction of sp³-hybridized carbons (Fsp3) is 0.350. The number of benzene rings is 2. The summed E-state index contributed by atoms with van der Waals surface area (Å²) in [6.07, 6.45) is 0. The zero-order chi connectivity index (χ0) is 19.9. The van der Waals surface area contributed by atoms with Gasteiger partial charge in [-0.2, -0.15) is 0 Å². The topological polar surface area (TPSA) is 93.9 Å². The molecule has 148 valence electrons. The number of hydrogen-bond acceptors (Lipinski definition) is 6. The van der Waals surface area contributed by atoms with Gasteiger partial charge in [0.15, 0.2) is 5.75 Å². The van der Waals surface area contributed by atoms with Crippen LogP contribution in [-0.4, -0.2) is 49.1 Å². The highest BCUT2D eigenvalue weighted by atomic mass is 16.6. The van der Waals surface area contributed by atoms with E-state index in [1.165, 1.54) is 25.3 Å². The van der Waals surface area contributed by atoms with Crippen molar-refractivity contribution in [2.24, 2.45) is 0 Å². The third-order valence-corrected chi connectivity index (χ3v) is 4.69. The van der Waals surface area contributed by atoms with Gasteiger partial charge in [0.2, 0.25) is 0 Å². The van der Waals surface area contributed by atoms with Gasteiger partial charge < -0.3 is 14.8 Å². The van der Waals surface area contributed by atoms with E-state index in [9.17, 15) is 14.9 Å². The fourth-order valence-electron chi connectivity index (χ4n) is 3.14. The number of rotatable bonds is 7. The molecule has 1 aliphatic rings. The monoisotopic (exact) mass is 385 g/mol. The van der Waals surface area contributed by atoms with Gasteiger partial charge in [0.05, 0.1) is 25.2 Å². The lowest BCUT2D eigenvalue weighted by Crippen LogP contribution is -2.36. The summed E-state index contributed by atoms with van der Waals surface area (Å²) >= 11 is 0. The minimum Gasteiger partial charge on any atom is -0.490 e. The van der Waals surface area contributed by atoms with Crippen LogP contribution < -0.4 is 10.1 Å². The Labute approximate surface area is 163 Å². The van der Waals surface area contributed by atoms with Gasteiger partial charge in [0, 0.05) is 37.8 Å². The highest BCUT2D eigenvalue weighted by Crippen LogP contribution is 2.27. The number of morpholine rings is 1. The fourth-order valence-corrected chi connectivity index (χ4v) is 3.14. The number of carbonyl (C=O) groups excluding carboxylic acids is 1. The summed E-state index contributed by atoms with van der Waals surface area (Å²) in [7, 11) is 1.35. The maximum absolute atomic E-state index is 12.5. The van der Waals surface area contributed by atoms with Crippen molar-refractivity contribution in [2.75, 3.05) is 33.4 Å². The van der Waals surface area contributed by atoms with Crippen LogP contribution in [0.25, 0.3) is 0 Å². The van der Waals surface area contributed by atoms with Crippen LogP contribution in [0, 0.1) is 10.1 Å². The van der Waals surface area contributed by atoms with E-state index in [4.69, 9.17) is 9.47 Å². The first-order valence-electron chi connectivity index (χ1n) is 9.06. The van der Waals surface area contributed by atoms with E-state index in [0.29, 0.717) is 6.54 Å². The van der Waals surface area contributed by atoms with Crippen LogP contribution in [0.4, 0.5) is 5.69 Å². The molecular formula is C20H23N3O5. The number of nitrogens with zero attached hydrogens (tertiary/aromatic N) is 2. The van der Waals surface area contributed by atoms with Crippen LogP contribution in [-0.2, 0) is 17.8 Å². The molecule has 0 radical (unpaired) electrons. The number of nitro groups is 1. The number of nitrogens with one attached hydrogen (secondary N) is 1. The highest BCUT2D eigenvalue weighted by Gasteiger charge is 2.18. The first kappa shape index (κ1) is 19.8. The van der Waals surface area contributed by atoms with Gasteiger partial charge in [-0.05, 0) is 23.3 Å². The summed E-state index contributed by atoms with van der Waals surface area (Å²) in [4.78, 5) is 25.4. The van der Waals surface area contributed by atoms with E-state index in [0.717, 1.165) is 44.0 Å². The molecule has 0 bridgehead atoms. The molecule has 0 atom stereocenters. The third kappa shape index (κ3) is 4.85. The molecule has 1 heterocycles. The molecule has 8 nitrogen and oxygen atoms in total. The van der Waals surface area contributed by atoms with E-state index >= 15 is 0 Å². The predicted molar refractivity (Wildman–Crippen MR) is 103 cm³/mol. The van der Waals surface area contributed by atoms with Crippen molar-refractivity contribution in [1.29, 1.82) is 0 Å². The Morgan fingerprint density at radius 1 is 1.21 bits per heavy atom. The van der Waals surface area contributed by atoms with E-state index < -0.39 is 4.92 Å². The molecule has 8 heteroatoms. The Bertz CT molecular complexity index is 849. The zero-order valence-corrected chi connectivity index (χ0v) is 15.7. The average molecular weight is 385 g/mol. The first-order chi connectivity index (χ1) is 13.6. The molecule has 0 aromatic heterocycles. The lowest BCUT2D eigenvalue weighted by molar-refractivity contribution is -0.385. The van der Waals surface area contributed by atoms with Crippen molar-refractivity contribution in [3.05, 3.63) is 69.3 Å². The molecule has 3 rings (SSSR count). The maximum atomic E-state index is 12.5. The Kier molecular flexibility index (Phi) is 6.57. The van der Waals surface area contributed by atoms with Crippen molar-refractivity contribution < 1.29 is 19.2 Å². The lowest BCUT2D eigenvalue weighted by Gasteiger charge is -2.27. The predicted octanol–water partition coefficient (Wildman–Crippen LogP) is 2.37. The van der Waals surface area contributed by atoms with Crippen LogP contribution in [0.2, 0.25) is 0 Å². The van der Waals surface area contributed by atoms with Crippen molar-refractivity contribution in [2.45, 2.75) is 13.1 Å². The van der Waals surface area contributed by atoms with E-state index in [1.807, 2.05) is 18.2 Å². The molecule has 1 saturated heterocycles. The van der Waals surface area contributed by atoms with Gasteiger partial charge in [-0.15, -0.1) is 0 Å². The minimum absolute atomic E-state index is 0.123. The van der Waals surface area contributed by atoms with Crippen LogP contribution >= 0.6 is 0 Å². The van der Waals surface area contributed by atoms with Crippen molar-refractivity contribution in [3.8, 4) is 5.75 Å². The quantitative estimate of drug-likeness (QED) is 0.581. The third-order valence-electron chi connectivity index (χ3n) is 4.69. The van der Waals surface area contributed by atoms with E-state index in [-0.39, 0.29) is 22.9 Å². The summed E-state index contributed by atoms with van der Waals surface area (Å²) in [5.74, 6) is -0.246. The number of ether oxygens (including phenoxy) is 2. The number of nitro benzene ring substituents is 1. The van der Waals surface area contributed by atoms with Crippen LogP contribution in [0.15, 0.2) is 42.5 Å². The zero-order valence-electron chi connectivity index (χ0n) is 15.7. The second-order valence-corrected chi connectivity index (χ2v) is 6.48. The molecule has 2 aromatic carbocycles. The van der Waals surface area contributed by atoms with Crippen molar-refractivity contribution in [1.82, 2.24) is 10.2 Å².